The third kappa shape index (κ3) is 3.62. The molecular weight excluding hydrogens is 228 g/mol. The van der Waals surface area contributed by atoms with Gasteiger partial charge in [0.05, 0.1) is 0 Å². The summed E-state index contributed by atoms with van der Waals surface area (Å²) in [4.78, 5) is 15.3. The summed E-state index contributed by atoms with van der Waals surface area (Å²) in [6.45, 7) is 1.65. The molecule has 0 saturated heterocycles. The fraction of sp³-hybridized carbons (Fsp3) is 0.400. The smallest absolute Gasteiger partial charge is 0.238 e. The van der Waals surface area contributed by atoms with Crippen LogP contribution in [0.4, 0.5) is 0 Å². The van der Waals surface area contributed by atoms with Crippen molar-refractivity contribution in [2.45, 2.75) is 18.7 Å². The lowest BCUT2D eigenvalue weighted by Crippen LogP contribution is -2.37. The number of rotatable bonds is 4. The van der Waals surface area contributed by atoms with Gasteiger partial charge in [-0.05, 0) is 18.6 Å². The van der Waals surface area contributed by atoms with E-state index in [2.05, 4.69) is 10.3 Å². The Bertz CT molecular complexity index is 456. The molecule has 5 nitrogen and oxygen atoms in total. The Hall–Kier alpha value is -1.43. The Kier molecular flexibility index (Phi) is 4.00. The van der Waals surface area contributed by atoms with E-state index in [4.69, 9.17) is 0 Å². The minimum atomic E-state index is -3.33. The maximum absolute atomic E-state index is 11.5. The Morgan fingerprint density at radius 1 is 1.56 bits per heavy atom. The maximum atomic E-state index is 11.5. The molecule has 0 aliphatic heterocycles. The molecule has 88 valence electrons. The highest BCUT2D eigenvalue weighted by molar-refractivity contribution is 7.92. The van der Waals surface area contributed by atoms with Crippen LogP contribution < -0.4 is 5.32 Å². The zero-order valence-electron chi connectivity index (χ0n) is 9.17. The van der Waals surface area contributed by atoms with E-state index in [9.17, 15) is 13.2 Å². The Labute approximate surface area is 94.8 Å². The number of amides is 1. The summed E-state index contributed by atoms with van der Waals surface area (Å²) in [6, 6.07) is 3.56. The average molecular weight is 242 g/mol. The third-order valence-electron chi connectivity index (χ3n) is 2.20. The minimum absolute atomic E-state index is 0.284. The van der Waals surface area contributed by atoms with Gasteiger partial charge in [0.2, 0.25) is 5.91 Å². The highest BCUT2D eigenvalue weighted by Crippen LogP contribution is 1.99. The molecule has 1 rings (SSSR count). The quantitative estimate of drug-likeness (QED) is 0.814. The van der Waals surface area contributed by atoms with E-state index in [0.717, 1.165) is 11.8 Å². The van der Waals surface area contributed by atoms with Crippen LogP contribution in [0.5, 0.6) is 0 Å². The predicted molar refractivity (Wildman–Crippen MR) is 60.4 cm³/mol. The van der Waals surface area contributed by atoms with Crippen LogP contribution >= 0.6 is 0 Å². The number of aromatic nitrogens is 1. The van der Waals surface area contributed by atoms with Gasteiger partial charge < -0.3 is 5.32 Å². The van der Waals surface area contributed by atoms with Crippen LogP contribution in [0.3, 0.4) is 0 Å². The topological polar surface area (TPSA) is 76.1 Å². The van der Waals surface area contributed by atoms with Crippen molar-refractivity contribution in [3.05, 3.63) is 30.1 Å². The van der Waals surface area contributed by atoms with E-state index in [0.29, 0.717) is 0 Å². The van der Waals surface area contributed by atoms with Gasteiger partial charge in [0.15, 0.2) is 9.84 Å². The molecule has 0 aliphatic carbocycles. The van der Waals surface area contributed by atoms with Crippen molar-refractivity contribution >= 4 is 15.7 Å². The molecule has 16 heavy (non-hydrogen) atoms. The molecular formula is C10H14N2O3S. The monoisotopic (exact) mass is 242 g/mol. The van der Waals surface area contributed by atoms with Gasteiger partial charge in [-0.3, -0.25) is 9.78 Å². The fourth-order valence-corrected chi connectivity index (χ4v) is 1.50. The van der Waals surface area contributed by atoms with Crippen LogP contribution in [0, 0.1) is 0 Å². The molecule has 1 amide bonds. The zero-order chi connectivity index (χ0) is 12.2. The molecule has 0 fully saturated rings. The third-order valence-corrected chi connectivity index (χ3v) is 3.70. The number of pyridine rings is 1. The SMILES string of the molecule is C[C@H](C(=O)NCc1cccnc1)S(C)(=O)=O. The van der Waals surface area contributed by atoms with Crippen LogP contribution in [0.1, 0.15) is 12.5 Å². The normalized spacial score (nSPS) is 13.1. The van der Waals surface area contributed by atoms with Crippen LogP contribution in [0.25, 0.3) is 0 Å². The number of hydrogen-bond acceptors (Lipinski definition) is 4. The van der Waals surface area contributed by atoms with E-state index in [-0.39, 0.29) is 6.54 Å². The second-order valence-electron chi connectivity index (χ2n) is 3.55. The lowest BCUT2D eigenvalue weighted by molar-refractivity contribution is -0.120. The first kappa shape index (κ1) is 12.6. The Balaban J connectivity index is 2.54. The molecule has 0 radical (unpaired) electrons. The molecule has 0 aliphatic rings. The second-order valence-corrected chi connectivity index (χ2v) is 5.92. The molecule has 1 heterocycles. The first-order valence-corrected chi connectivity index (χ1v) is 6.72. The van der Waals surface area contributed by atoms with Gasteiger partial charge in [-0.25, -0.2) is 8.42 Å². The molecule has 0 aromatic carbocycles. The number of nitrogens with zero attached hydrogens (tertiary/aromatic N) is 1. The number of nitrogens with one attached hydrogen (secondary N) is 1. The maximum Gasteiger partial charge on any atom is 0.238 e. The number of hydrogen-bond donors (Lipinski definition) is 1. The molecule has 0 unspecified atom stereocenters. The lowest BCUT2D eigenvalue weighted by Gasteiger charge is -2.09. The van der Waals surface area contributed by atoms with Gasteiger partial charge in [-0.2, -0.15) is 0 Å². The standard InChI is InChI=1S/C10H14N2O3S/c1-8(16(2,14)15)10(13)12-7-9-4-3-5-11-6-9/h3-6,8H,7H2,1-2H3,(H,12,13)/t8-/m1/s1. The van der Waals surface area contributed by atoms with Crippen molar-refractivity contribution in [3.63, 3.8) is 0 Å². The molecule has 0 saturated carbocycles. The molecule has 1 atom stereocenters. The number of sulfone groups is 1. The largest absolute Gasteiger partial charge is 0.351 e. The van der Waals surface area contributed by atoms with Gasteiger partial charge in [-0.15, -0.1) is 0 Å². The van der Waals surface area contributed by atoms with Crippen LogP contribution in [0.15, 0.2) is 24.5 Å². The van der Waals surface area contributed by atoms with Gasteiger partial charge in [0.1, 0.15) is 5.25 Å². The highest BCUT2D eigenvalue weighted by atomic mass is 32.2. The average Bonchev–Trinajstić information content (AvgIpc) is 2.25. The Morgan fingerprint density at radius 2 is 2.25 bits per heavy atom. The van der Waals surface area contributed by atoms with Crippen LogP contribution in [-0.4, -0.2) is 30.8 Å². The van der Waals surface area contributed by atoms with Gasteiger partial charge in [-0.1, -0.05) is 6.07 Å². The molecule has 6 heteroatoms. The summed E-state index contributed by atoms with van der Waals surface area (Å²) in [5.74, 6) is -0.494. The van der Waals surface area contributed by atoms with Crippen molar-refractivity contribution in [3.8, 4) is 0 Å². The summed E-state index contributed by atoms with van der Waals surface area (Å²) in [5.41, 5.74) is 0.830. The van der Waals surface area contributed by atoms with Crippen molar-refractivity contribution in [1.82, 2.24) is 10.3 Å². The molecule has 0 bridgehead atoms. The fourth-order valence-electron chi connectivity index (χ4n) is 1.03. The Morgan fingerprint density at radius 3 is 2.75 bits per heavy atom. The van der Waals surface area contributed by atoms with Crippen molar-refractivity contribution in [2.24, 2.45) is 0 Å². The van der Waals surface area contributed by atoms with Crippen LogP contribution in [-0.2, 0) is 21.2 Å². The summed E-state index contributed by atoms with van der Waals surface area (Å²) in [7, 11) is -3.33. The lowest BCUT2D eigenvalue weighted by atomic mass is 10.3. The molecule has 1 aromatic heterocycles. The zero-order valence-corrected chi connectivity index (χ0v) is 9.99. The molecule has 1 N–H and O–H groups in total. The van der Waals surface area contributed by atoms with Gasteiger partial charge >= 0.3 is 0 Å². The minimum Gasteiger partial charge on any atom is -0.351 e. The van der Waals surface area contributed by atoms with Crippen molar-refractivity contribution < 1.29 is 13.2 Å². The summed E-state index contributed by atoms with van der Waals surface area (Å²) >= 11 is 0. The van der Waals surface area contributed by atoms with Crippen LogP contribution in [0.2, 0.25) is 0 Å². The van der Waals surface area contributed by atoms with E-state index in [1.165, 1.54) is 6.92 Å². The summed E-state index contributed by atoms with van der Waals surface area (Å²) < 4.78 is 22.2. The summed E-state index contributed by atoms with van der Waals surface area (Å²) in [6.07, 6.45) is 4.29. The van der Waals surface area contributed by atoms with Gasteiger partial charge in [0.25, 0.3) is 0 Å². The van der Waals surface area contributed by atoms with E-state index in [1.807, 2.05) is 0 Å². The molecule has 1 aromatic rings. The number of carbonyl (C=O) groups is 1. The number of carbonyl (C=O) groups excluding carboxylic acids is 1. The summed E-state index contributed by atoms with van der Waals surface area (Å²) in [5, 5.41) is 1.52. The molecule has 0 spiro atoms. The predicted octanol–water partition coefficient (Wildman–Crippen LogP) is 0.131. The van der Waals surface area contributed by atoms with Crippen molar-refractivity contribution in [1.29, 1.82) is 0 Å². The first-order chi connectivity index (χ1) is 7.41. The van der Waals surface area contributed by atoms with Gasteiger partial charge in [0, 0.05) is 25.2 Å². The van der Waals surface area contributed by atoms with Crippen molar-refractivity contribution in [2.75, 3.05) is 6.26 Å². The van der Waals surface area contributed by atoms with E-state index >= 15 is 0 Å². The van der Waals surface area contributed by atoms with E-state index < -0.39 is 21.0 Å². The highest BCUT2D eigenvalue weighted by Gasteiger charge is 2.22. The van der Waals surface area contributed by atoms with E-state index in [1.54, 1.807) is 24.5 Å². The first-order valence-electron chi connectivity index (χ1n) is 4.76. The second kappa shape index (κ2) is 5.07.